The summed E-state index contributed by atoms with van der Waals surface area (Å²) in [5.41, 5.74) is 2.70. The Labute approximate surface area is 110 Å². The summed E-state index contributed by atoms with van der Waals surface area (Å²) < 4.78 is 0. The number of nitrogens with one attached hydrogen (secondary N) is 2. The molecule has 100 valence electrons. The van der Waals surface area contributed by atoms with E-state index in [1.165, 1.54) is 11.1 Å². The molecule has 1 aromatic rings. The number of rotatable bonds is 7. The highest BCUT2D eigenvalue weighted by Gasteiger charge is 2.03. The maximum absolute atomic E-state index is 11.1. The van der Waals surface area contributed by atoms with Crippen LogP contribution >= 0.6 is 0 Å². The van der Waals surface area contributed by atoms with E-state index < -0.39 is 0 Å². The van der Waals surface area contributed by atoms with Crippen molar-refractivity contribution in [3.63, 3.8) is 0 Å². The van der Waals surface area contributed by atoms with Gasteiger partial charge in [0, 0.05) is 26.1 Å². The lowest BCUT2D eigenvalue weighted by Crippen LogP contribution is -2.31. The Hall–Kier alpha value is -1.35. The van der Waals surface area contributed by atoms with Crippen molar-refractivity contribution < 1.29 is 4.79 Å². The molecule has 1 aromatic carbocycles. The minimum Gasteiger partial charge on any atom is -0.359 e. The fourth-order valence-electron chi connectivity index (χ4n) is 1.91. The van der Waals surface area contributed by atoms with Gasteiger partial charge in [-0.05, 0) is 32.3 Å². The Morgan fingerprint density at radius 2 is 2.17 bits per heavy atom. The topological polar surface area (TPSA) is 41.1 Å². The van der Waals surface area contributed by atoms with Gasteiger partial charge < -0.3 is 10.6 Å². The molecule has 0 radical (unpaired) electrons. The number of benzene rings is 1. The van der Waals surface area contributed by atoms with Crippen molar-refractivity contribution >= 4 is 5.91 Å². The maximum Gasteiger partial charge on any atom is 0.221 e. The third kappa shape index (κ3) is 5.82. The molecule has 1 atom stereocenters. The van der Waals surface area contributed by atoms with Crippen molar-refractivity contribution in [1.29, 1.82) is 0 Å². The normalized spacial score (nSPS) is 12.2. The molecule has 1 unspecified atom stereocenters. The van der Waals surface area contributed by atoms with Crippen LogP contribution in [-0.2, 0) is 11.2 Å². The van der Waals surface area contributed by atoms with Crippen LogP contribution in [0.4, 0.5) is 0 Å². The maximum atomic E-state index is 11.1. The minimum absolute atomic E-state index is 0.0911. The molecule has 0 aromatic heterocycles. The predicted molar refractivity (Wildman–Crippen MR) is 75.6 cm³/mol. The zero-order valence-corrected chi connectivity index (χ0v) is 11.6. The lowest BCUT2D eigenvalue weighted by Gasteiger charge is -2.13. The van der Waals surface area contributed by atoms with Crippen LogP contribution in [0.2, 0.25) is 0 Å². The van der Waals surface area contributed by atoms with Gasteiger partial charge in [-0.25, -0.2) is 0 Å². The molecule has 0 aliphatic carbocycles. The monoisotopic (exact) mass is 248 g/mol. The lowest BCUT2D eigenvalue weighted by molar-refractivity contribution is -0.120. The molecule has 0 spiro atoms. The molecule has 3 heteroatoms. The van der Waals surface area contributed by atoms with Crippen molar-refractivity contribution in [2.24, 2.45) is 0 Å². The van der Waals surface area contributed by atoms with Crippen LogP contribution in [0.5, 0.6) is 0 Å². The van der Waals surface area contributed by atoms with Crippen molar-refractivity contribution in [2.75, 3.05) is 13.6 Å². The molecule has 0 saturated heterocycles. The quantitative estimate of drug-likeness (QED) is 0.775. The molecule has 3 nitrogen and oxygen atoms in total. The first-order valence-electron chi connectivity index (χ1n) is 6.61. The summed E-state index contributed by atoms with van der Waals surface area (Å²) in [5.74, 6) is 0.0911. The largest absolute Gasteiger partial charge is 0.359 e. The second kappa shape index (κ2) is 7.88. The van der Waals surface area contributed by atoms with Gasteiger partial charge in [0.15, 0.2) is 0 Å². The fourth-order valence-corrected chi connectivity index (χ4v) is 1.91. The molecule has 2 N–H and O–H groups in total. The highest BCUT2D eigenvalue weighted by molar-refractivity contribution is 5.75. The zero-order valence-electron chi connectivity index (χ0n) is 11.6. The predicted octanol–water partition coefficient (Wildman–Crippen LogP) is 2.04. The van der Waals surface area contributed by atoms with Crippen molar-refractivity contribution in [1.82, 2.24) is 10.6 Å². The van der Waals surface area contributed by atoms with Crippen molar-refractivity contribution in [2.45, 2.75) is 39.2 Å². The van der Waals surface area contributed by atoms with E-state index >= 15 is 0 Å². The average Bonchev–Trinajstić information content (AvgIpc) is 2.36. The standard InChI is InChI=1S/C15H24N2O/c1-12-5-4-6-14(11-12)8-7-13(2)17-10-9-15(18)16-3/h4-6,11,13,17H,7-10H2,1-3H3,(H,16,18). The first-order chi connectivity index (χ1) is 8.61. The SMILES string of the molecule is CNC(=O)CCNC(C)CCc1cccc(C)c1. The van der Waals surface area contributed by atoms with Crippen LogP contribution in [0.1, 0.15) is 30.9 Å². The number of aryl methyl sites for hydroxylation is 2. The Bertz CT molecular complexity index is 377. The Kier molecular flexibility index (Phi) is 6.44. The van der Waals surface area contributed by atoms with Gasteiger partial charge in [-0.15, -0.1) is 0 Å². The van der Waals surface area contributed by atoms with Crippen molar-refractivity contribution in [3.05, 3.63) is 35.4 Å². The van der Waals surface area contributed by atoms with Gasteiger partial charge in [-0.3, -0.25) is 4.79 Å². The number of hydrogen-bond donors (Lipinski definition) is 2. The average molecular weight is 248 g/mol. The summed E-state index contributed by atoms with van der Waals surface area (Å²) in [7, 11) is 1.67. The van der Waals surface area contributed by atoms with Gasteiger partial charge >= 0.3 is 0 Å². The van der Waals surface area contributed by atoms with E-state index in [4.69, 9.17) is 0 Å². The van der Waals surface area contributed by atoms with E-state index in [2.05, 4.69) is 48.7 Å². The van der Waals surface area contributed by atoms with Crippen LogP contribution in [-0.4, -0.2) is 25.5 Å². The first kappa shape index (κ1) is 14.7. The fraction of sp³-hybridized carbons (Fsp3) is 0.533. The summed E-state index contributed by atoms with van der Waals surface area (Å²) in [6.07, 6.45) is 2.72. The second-order valence-electron chi connectivity index (χ2n) is 4.81. The summed E-state index contributed by atoms with van der Waals surface area (Å²) in [4.78, 5) is 11.1. The summed E-state index contributed by atoms with van der Waals surface area (Å²) >= 11 is 0. The van der Waals surface area contributed by atoms with E-state index in [1.54, 1.807) is 7.05 Å². The molecule has 0 aliphatic heterocycles. The van der Waals surface area contributed by atoms with E-state index in [0.717, 1.165) is 19.4 Å². The number of hydrogen-bond acceptors (Lipinski definition) is 2. The molecule has 0 heterocycles. The lowest BCUT2D eigenvalue weighted by atomic mass is 10.0. The van der Waals surface area contributed by atoms with Crippen LogP contribution in [0.15, 0.2) is 24.3 Å². The van der Waals surface area contributed by atoms with Gasteiger partial charge in [0.1, 0.15) is 0 Å². The van der Waals surface area contributed by atoms with E-state index in [0.29, 0.717) is 12.5 Å². The van der Waals surface area contributed by atoms with E-state index in [-0.39, 0.29) is 5.91 Å². The molecule has 1 rings (SSSR count). The van der Waals surface area contributed by atoms with E-state index in [9.17, 15) is 4.79 Å². The zero-order chi connectivity index (χ0) is 13.4. The van der Waals surface area contributed by atoms with Gasteiger partial charge in [0.2, 0.25) is 5.91 Å². The molecule has 0 saturated carbocycles. The van der Waals surface area contributed by atoms with Crippen LogP contribution in [0.3, 0.4) is 0 Å². The molecule has 0 fully saturated rings. The Morgan fingerprint density at radius 1 is 1.39 bits per heavy atom. The summed E-state index contributed by atoms with van der Waals surface area (Å²) in [5, 5.41) is 6.00. The smallest absolute Gasteiger partial charge is 0.221 e. The molecular formula is C15H24N2O. The molecular weight excluding hydrogens is 224 g/mol. The van der Waals surface area contributed by atoms with Gasteiger partial charge in [0.05, 0.1) is 0 Å². The van der Waals surface area contributed by atoms with Gasteiger partial charge in [0.25, 0.3) is 0 Å². The summed E-state index contributed by atoms with van der Waals surface area (Å²) in [6, 6.07) is 9.07. The highest BCUT2D eigenvalue weighted by atomic mass is 16.1. The first-order valence-corrected chi connectivity index (χ1v) is 6.61. The molecule has 0 aliphatic rings. The Morgan fingerprint density at radius 3 is 2.83 bits per heavy atom. The van der Waals surface area contributed by atoms with Gasteiger partial charge in [-0.2, -0.15) is 0 Å². The molecule has 18 heavy (non-hydrogen) atoms. The summed E-state index contributed by atoms with van der Waals surface area (Å²) in [6.45, 7) is 5.03. The van der Waals surface area contributed by atoms with E-state index in [1.807, 2.05) is 0 Å². The van der Waals surface area contributed by atoms with Crippen LogP contribution in [0.25, 0.3) is 0 Å². The van der Waals surface area contributed by atoms with Gasteiger partial charge in [-0.1, -0.05) is 29.8 Å². The number of carbonyl (C=O) groups is 1. The number of carbonyl (C=O) groups excluding carboxylic acids is 1. The second-order valence-corrected chi connectivity index (χ2v) is 4.81. The Balaban J connectivity index is 2.20. The van der Waals surface area contributed by atoms with Crippen LogP contribution in [0, 0.1) is 6.92 Å². The highest BCUT2D eigenvalue weighted by Crippen LogP contribution is 2.07. The third-order valence-corrected chi connectivity index (χ3v) is 3.07. The number of amides is 1. The van der Waals surface area contributed by atoms with Crippen molar-refractivity contribution in [3.8, 4) is 0 Å². The molecule has 1 amide bonds. The minimum atomic E-state index is 0.0911. The molecule has 0 bridgehead atoms. The van der Waals surface area contributed by atoms with Crippen LogP contribution < -0.4 is 10.6 Å². The third-order valence-electron chi connectivity index (χ3n) is 3.07.